The molecule has 7 heteroatoms. The van der Waals surface area contributed by atoms with E-state index in [0.29, 0.717) is 5.75 Å². The summed E-state index contributed by atoms with van der Waals surface area (Å²) in [4.78, 5) is 16.5. The summed E-state index contributed by atoms with van der Waals surface area (Å²) in [5.74, 6) is -0.157. The molecule has 0 amide bonds. The zero-order chi connectivity index (χ0) is 23.1. The van der Waals surface area contributed by atoms with Gasteiger partial charge in [-0.3, -0.25) is 9.52 Å². The third kappa shape index (κ3) is 5.70. The maximum Gasteiger partial charge on any atom is 0.306 e. The minimum atomic E-state index is -0.860. The molecule has 3 rings (SSSR count). The first-order valence-electron chi connectivity index (χ1n) is 11.4. The maximum atomic E-state index is 11.0. The van der Waals surface area contributed by atoms with Gasteiger partial charge in [0, 0.05) is 31.9 Å². The first-order valence-corrected chi connectivity index (χ1v) is 12.2. The number of benzene rings is 2. The summed E-state index contributed by atoms with van der Waals surface area (Å²) in [7, 11) is 3.97. The molecule has 1 heterocycles. The molecule has 1 aliphatic heterocycles. The van der Waals surface area contributed by atoms with Gasteiger partial charge in [-0.15, -0.1) is 0 Å². The Morgan fingerprint density at radius 2 is 2.00 bits per heavy atom. The minimum absolute atomic E-state index is 0.0157. The van der Waals surface area contributed by atoms with E-state index in [9.17, 15) is 4.79 Å². The number of nitrogens with one attached hydrogen (secondary N) is 1. The fourth-order valence-corrected chi connectivity index (χ4v) is 5.05. The van der Waals surface area contributed by atoms with Crippen LogP contribution in [-0.2, 0) is 4.79 Å². The lowest BCUT2D eigenvalue weighted by Gasteiger charge is -2.37. The second-order valence-electron chi connectivity index (χ2n) is 8.54. The fraction of sp³-hybridized carbons (Fsp3) is 0.480. The van der Waals surface area contributed by atoms with E-state index >= 15 is 0 Å². The Bertz CT molecular complexity index is 907. The van der Waals surface area contributed by atoms with Crippen LogP contribution in [0.15, 0.2) is 47.4 Å². The van der Waals surface area contributed by atoms with Crippen molar-refractivity contribution in [2.45, 2.75) is 56.4 Å². The van der Waals surface area contributed by atoms with Crippen molar-refractivity contribution in [3.05, 3.63) is 42.5 Å². The number of hydrogen-bond donors (Lipinski definition) is 2. The lowest BCUT2D eigenvalue weighted by atomic mass is 9.89. The van der Waals surface area contributed by atoms with Crippen molar-refractivity contribution in [3.8, 4) is 5.75 Å². The van der Waals surface area contributed by atoms with Gasteiger partial charge in [-0.05, 0) is 49.1 Å². The molecule has 0 bridgehead atoms. The van der Waals surface area contributed by atoms with Crippen LogP contribution in [0.5, 0.6) is 5.75 Å². The van der Waals surface area contributed by atoms with Crippen LogP contribution in [-0.4, -0.2) is 43.9 Å². The Balaban J connectivity index is 2.07. The molecule has 174 valence electrons. The van der Waals surface area contributed by atoms with Crippen LogP contribution in [0.1, 0.15) is 46.0 Å². The number of fused-ring (bicyclic) bond motifs is 1. The average Bonchev–Trinajstić information content (AvgIpc) is 2.95. The van der Waals surface area contributed by atoms with Gasteiger partial charge in [0.05, 0.1) is 29.3 Å². The summed E-state index contributed by atoms with van der Waals surface area (Å²) >= 11 is 1.66. The summed E-state index contributed by atoms with van der Waals surface area (Å²) in [5.41, 5.74) is 3.22. The van der Waals surface area contributed by atoms with Crippen LogP contribution in [0.3, 0.4) is 0 Å². The van der Waals surface area contributed by atoms with Crippen LogP contribution >= 0.6 is 11.9 Å². The zero-order valence-electron chi connectivity index (χ0n) is 19.6. The van der Waals surface area contributed by atoms with Crippen molar-refractivity contribution < 1.29 is 14.6 Å². The van der Waals surface area contributed by atoms with E-state index in [0.717, 1.165) is 41.3 Å². The first kappa shape index (κ1) is 24.3. The maximum absolute atomic E-state index is 11.0. The number of anilines is 3. The van der Waals surface area contributed by atoms with Gasteiger partial charge in [-0.25, -0.2) is 0 Å². The van der Waals surface area contributed by atoms with Gasteiger partial charge < -0.3 is 19.6 Å². The van der Waals surface area contributed by atoms with Crippen LogP contribution in [0.2, 0.25) is 0 Å². The molecule has 0 radical (unpaired) electrons. The highest BCUT2D eigenvalue weighted by molar-refractivity contribution is 7.97. The summed E-state index contributed by atoms with van der Waals surface area (Å²) in [6, 6.07) is 14.7. The number of hydrogen-bond acceptors (Lipinski definition) is 6. The van der Waals surface area contributed by atoms with Crippen molar-refractivity contribution in [3.63, 3.8) is 0 Å². The summed E-state index contributed by atoms with van der Waals surface area (Å²) in [6.07, 6.45) is 4.44. The van der Waals surface area contributed by atoms with Crippen molar-refractivity contribution in [1.82, 2.24) is 4.72 Å². The molecule has 1 aliphatic rings. The van der Waals surface area contributed by atoms with E-state index in [2.05, 4.69) is 53.8 Å². The summed E-state index contributed by atoms with van der Waals surface area (Å²) in [6.45, 7) is 5.51. The monoisotopic (exact) mass is 457 g/mol. The molecular weight excluding hydrogens is 422 g/mol. The number of nitrogens with zero attached hydrogens (tertiary/aromatic N) is 2. The molecular formula is C25H35N3O3S. The molecule has 0 aliphatic carbocycles. The topological polar surface area (TPSA) is 65.0 Å². The van der Waals surface area contributed by atoms with E-state index in [1.54, 1.807) is 11.9 Å². The quantitative estimate of drug-likeness (QED) is 0.444. The molecule has 2 N–H and O–H groups in total. The van der Waals surface area contributed by atoms with Crippen LogP contribution in [0.25, 0.3) is 0 Å². The smallest absolute Gasteiger partial charge is 0.306 e. The highest BCUT2D eigenvalue weighted by Gasteiger charge is 2.35. The molecule has 2 aromatic carbocycles. The van der Waals surface area contributed by atoms with Crippen molar-refractivity contribution in [1.29, 1.82) is 0 Å². The second kappa shape index (κ2) is 11.0. The normalized spacial score (nSPS) is 18.1. The number of carboxylic acids is 1. The van der Waals surface area contributed by atoms with Gasteiger partial charge in [0.1, 0.15) is 5.75 Å². The van der Waals surface area contributed by atoms with Gasteiger partial charge >= 0.3 is 5.97 Å². The van der Waals surface area contributed by atoms with Gasteiger partial charge in [0.25, 0.3) is 0 Å². The molecule has 0 spiro atoms. The summed E-state index contributed by atoms with van der Waals surface area (Å²) in [5, 5.41) is 9.00. The molecule has 6 nitrogen and oxygen atoms in total. The average molecular weight is 458 g/mol. The molecule has 0 aromatic heterocycles. The Morgan fingerprint density at radius 3 is 2.62 bits per heavy atom. The molecule has 1 atom stereocenters. The third-order valence-electron chi connectivity index (χ3n) is 5.98. The molecule has 0 saturated carbocycles. The van der Waals surface area contributed by atoms with E-state index < -0.39 is 5.97 Å². The van der Waals surface area contributed by atoms with E-state index in [-0.39, 0.29) is 18.6 Å². The van der Waals surface area contributed by atoms with Crippen LogP contribution in [0, 0.1) is 0 Å². The molecule has 0 fully saturated rings. The van der Waals surface area contributed by atoms with Crippen LogP contribution < -0.4 is 19.3 Å². The molecule has 2 aromatic rings. The van der Waals surface area contributed by atoms with Gasteiger partial charge in [0.15, 0.2) is 0 Å². The lowest BCUT2D eigenvalue weighted by molar-refractivity contribution is -0.137. The van der Waals surface area contributed by atoms with Crippen molar-refractivity contribution >= 4 is 35.0 Å². The number of aliphatic carboxylic acids is 1. The minimum Gasteiger partial charge on any atom is -0.491 e. The standard InChI is InChI=1S/C25H35N3O3S/c1-5-7-14-25(6-2)18-28(19-11-9-8-10-12-19)21-16-20(27(3)4)22(17-23(21)32-26-25)31-15-13-24(29)30/h8-12,16-17,26H,5-7,13-15,18H2,1-4H3,(H,29,30)/t25-/m0/s1. The second-order valence-corrected chi connectivity index (χ2v) is 9.39. The number of unbranched alkanes of at least 4 members (excludes halogenated alkanes) is 1. The third-order valence-corrected chi connectivity index (χ3v) is 7.06. The predicted octanol–water partition coefficient (Wildman–Crippen LogP) is 5.69. The van der Waals surface area contributed by atoms with E-state index in [1.807, 2.05) is 31.1 Å². The van der Waals surface area contributed by atoms with Gasteiger partial charge in [-0.1, -0.05) is 44.9 Å². The molecule has 32 heavy (non-hydrogen) atoms. The lowest BCUT2D eigenvalue weighted by Crippen LogP contribution is -2.48. The Kier molecular flexibility index (Phi) is 8.32. The number of carbonyl (C=O) groups is 1. The van der Waals surface area contributed by atoms with Crippen molar-refractivity contribution in [2.24, 2.45) is 0 Å². The van der Waals surface area contributed by atoms with Gasteiger partial charge in [-0.2, -0.15) is 0 Å². The largest absolute Gasteiger partial charge is 0.491 e. The number of ether oxygens (including phenoxy) is 1. The number of carboxylic acid groups (broad SMARTS) is 1. The highest BCUT2D eigenvalue weighted by atomic mass is 32.2. The number of para-hydroxylation sites is 1. The molecule has 0 saturated heterocycles. The van der Waals surface area contributed by atoms with E-state index in [1.165, 1.54) is 12.8 Å². The predicted molar refractivity (Wildman–Crippen MR) is 134 cm³/mol. The number of rotatable bonds is 10. The first-order chi connectivity index (χ1) is 15.4. The van der Waals surface area contributed by atoms with E-state index in [4.69, 9.17) is 9.84 Å². The Morgan fingerprint density at radius 1 is 1.25 bits per heavy atom. The molecule has 0 unspecified atom stereocenters. The Labute approximate surface area is 196 Å². The van der Waals surface area contributed by atoms with Crippen LogP contribution in [0.4, 0.5) is 17.1 Å². The highest BCUT2D eigenvalue weighted by Crippen LogP contribution is 2.45. The summed E-state index contributed by atoms with van der Waals surface area (Å²) < 4.78 is 9.72. The van der Waals surface area contributed by atoms with Crippen molar-refractivity contribution in [2.75, 3.05) is 37.0 Å². The van der Waals surface area contributed by atoms with Gasteiger partial charge in [0.2, 0.25) is 0 Å². The Hall–Kier alpha value is -2.38. The zero-order valence-corrected chi connectivity index (χ0v) is 20.4. The SMILES string of the molecule is CCCC[C@@]1(CC)CN(c2ccccc2)c2cc(N(C)C)c(OCCC(=O)O)cc2SN1. The fourth-order valence-electron chi connectivity index (χ4n) is 3.97.